The monoisotopic (exact) mass is 275 g/mol. The number of hydrogen-bond acceptors (Lipinski definition) is 1. The smallest absolute Gasteiger partial charge is 0.223 e. The highest BCUT2D eigenvalue weighted by Crippen LogP contribution is 2.48. The highest BCUT2D eigenvalue weighted by Gasteiger charge is 2.45. The van der Waals surface area contributed by atoms with E-state index in [1.165, 1.54) is 31.7 Å². The molecule has 1 aromatic carbocycles. The van der Waals surface area contributed by atoms with E-state index < -0.39 is 0 Å². The molecule has 108 valence electrons. The van der Waals surface area contributed by atoms with E-state index in [9.17, 15) is 9.18 Å². The van der Waals surface area contributed by atoms with Crippen molar-refractivity contribution in [1.29, 1.82) is 0 Å². The largest absolute Gasteiger partial charge is 0.353 e. The van der Waals surface area contributed by atoms with Gasteiger partial charge in [-0.1, -0.05) is 43.9 Å². The van der Waals surface area contributed by atoms with Crippen molar-refractivity contribution in [2.45, 2.75) is 56.9 Å². The number of halogens is 1. The fourth-order valence-electron chi connectivity index (χ4n) is 3.34. The van der Waals surface area contributed by atoms with Crippen LogP contribution in [0.3, 0.4) is 0 Å². The summed E-state index contributed by atoms with van der Waals surface area (Å²) in [6.45, 7) is 0. The van der Waals surface area contributed by atoms with Gasteiger partial charge in [0.05, 0.1) is 0 Å². The van der Waals surface area contributed by atoms with Crippen LogP contribution in [-0.4, -0.2) is 11.9 Å². The topological polar surface area (TPSA) is 29.1 Å². The van der Waals surface area contributed by atoms with Gasteiger partial charge in [-0.2, -0.15) is 0 Å². The Morgan fingerprint density at radius 2 is 1.80 bits per heavy atom. The molecule has 2 fully saturated rings. The predicted molar refractivity (Wildman–Crippen MR) is 76.9 cm³/mol. The molecule has 2 nitrogen and oxygen atoms in total. The van der Waals surface area contributed by atoms with E-state index >= 15 is 0 Å². The molecule has 2 unspecified atom stereocenters. The van der Waals surface area contributed by atoms with Gasteiger partial charge in [0.25, 0.3) is 0 Å². The quantitative estimate of drug-likeness (QED) is 0.836. The zero-order valence-corrected chi connectivity index (χ0v) is 11.8. The van der Waals surface area contributed by atoms with Crippen LogP contribution in [0.15, 0.2) is 24.3 Å². The van der Waals surface area contributed by atoms with Crippen molar-refractivity contribution in [1.82, 2.24) is 5.32 Å². The molecule has 0 radical (unpaired) electrons. The van der Waals surface area contributed by atoms with Gasteiger partial charge in [0, 0.05) is 12.0 Å². The van der Waals surface area contributed by atoms with Crippen LogP contribution in [0.2, 0.25) is 0 Å². The third-order valence-electron chi connectivity index (χ3n) is 4.63. The van der Waals surface area contributed by atoms with Gasteiger partial charge in [0.15, 0.2) is 0 Å². The van der Waals surface area contributed by atoms with Gasteiger partial charge in [0.2, 0.25) is 5.91 Å². The van der Waals surface area contributed by atoms with Crippen LogP contribution in [0.25, 0.3) is 0 Å². The first-order chi connectivity index (χ1) is 9.75. The van der Waals surface area contributed by atoms with Gasteiger partial charge in [-0.25, -0.2) is 4.39 Å². The minimum atomic E-state index is -0.178. The van der Waals surface area contributed by atoms with E-state index in [4.69, 9.17) is 0 Å². The summed E-state index contributed by atoms with van der Waals surface area (Å²) in [7, 11) is 0. The van der Waals surface area contributed by atoms with Gasteiger partial charge in [-0.3, -0.25) is 4.79 Å². The molecule has 0 heterocycles. The molecule has 1 aromatic rings. The van der Waals surface area contributed by atoms with Crippen LogP contribution in [0, 0.1) is 11.7 Å². The number of benzene rings is 1. The lowest BCUT2D eigenvalue weighted by molar-refractivity contribution is -0.123. The zero-order chi connectivity index (χ0) is 13.9. The molecule has 0 aromatic heterocycles. The molecular weight excluding hydrogens is 253 g/mol. The van der Waals surface area contributed by atoms with E-state index in [1.54, 1.807) is 12.1 Å². The Kier molecular flexibility index (Phi) is 4.04. The fourth-order valence-corrected chi connectivity index (χ4v) is 3.34. The Morgan fingerprint density at radius 1 is 1.10 bits per heavy atom. The van der Waals surface area contributed by atoms with Gasteiger partial charge in [0.1, 0.15) is 5.82 Å². The highest BCUT2D eigenvalue weighted by molar-refractivity contribution is 5.83. The third-order valence-corrected chi connectivity index (χ3v) is 4.63. The van der Waals surface area contributed by atoms with E-state index in [0.717, 1.165) is 19.3 Å². The Balaban J connectivity index is 1.56. The van der Waals surface area contributed by atoms with Crippen molar-refractivity contribution in [3.63, 3.8) is 0 Å². The van der Waals surface area contributed by atoms with Crippen molar-refractivity contribution < 1.29 is 9.18 Å². The number of amides is 1. The minimum absolute atomic E-state index is 0.0184. The first-order valence-corrected chi connectivity index (χ1v) is 7.80. The predicted octanol–water partition coefficient (Wildman–Crippen LogP) is 3.77. The summed E-state index contributed by atoms with van der Waals surface area (Å²) >= 11 is 0. The molecule has 2 aliphatic rings. The summed E-state index contributed by atoms with van der Waals surface area (Å²) in [6.07, 6.45) is 7.99. The summed E-state index contributed by atoms with van der Waals surface area (Å²) in [6, 6.07) is 7.16. The number of nitrogens with one attached hydrogen (secondary N) is 1. The summed E-state index contributed by atoms with van der Waals surface area (Å²) in [4.78, 5) is 12.2. The second-order valence-electron chi connectivity index (χ2n) is 6.17. The molecule has 2 atom stereocenters. The maximum Gasteiger partial charge on any atom is 0.223 e. The van der Waals surface area contributed by atoms with Crippen LogP contribution in [0.1, 0.15) is 56.4 Å². The number of hydrogen-bond donors (Lipinski definition) is 1. The second kappa shape index (κ2) is 5.94. The first kappa shape index (κ1) is 13.6. The van der Waals surface area contributed by atoms with Gasteiger partial charge in [-0.15, -0.1) is 0 Å². The second-order valence-corrected chi connectivity index (χ2v) is 6.17. The lowest BCUT2D eigenvalue weighted by Crippen LogP contribution is -2.35. The van der Waals surface area contributed by atoms with Crippen LogP contribution in [0.4, 0.5) is 4.39 Å². The SMILES string of the molecule is O=C(NC1CCCCCC1)C1CC1c1ccccc1F. The van der Waals surface area contributed by atoms with Crippen molar-refractivity contribution in [2.75, 3.05) is 0 Å². The van der Waals surface area contributed by atoms with Gasteiger partial charge >= 0.3 is 0 Å². The van der Waals surface area contributed by atoms with Crippen LogP contribution >= 0.6 is 0 Å². The Labute approximate surface area is 119 Å². The van der Waals surface area contributed by atoms with Crippen LogP contribution in [0.5, 0.6) is 0 Å². The van der Waals surface area contributed by atoms with E-state index in [1.807, 2.05) is 6.07 Å². The molecule has 1 N–H and O–H groups in total. The van der Waals surface area contributed by atoms with Crippen molar-refractivity contribution >= 4 is 5.91 Å². The molecular formula is C17H22FNO. The molecule has 3 rings (SSSR count). The minimum Gasteiger partial charge on any atom is -0.353 e. The van der Waals surface area contributed by atoms with Gasteiger partial charge < -0.3 is 5.32 Å². The van der Waals surface area contributed by atoms with Crippen molar-refractivity contribution in [2.24, 2.45) is 5.92 Å². The molecule has 0 bridgehead atoms. The average Bonchev–Trinajstić information content (AvgIpc) is 3.23. The Bertz CT molecular complexity index is 480. The summed E-state index contributed by atoms with van der Waals surface area (Å²) < 4.78 is 13.7. The highest BCUT2D eigenvalue weighted by atomic mass is 19.1. The average molecular weight is 275 g/mol. The normalized spacial score (nSPS) is 26.9. The summed E-state index contributed by atoms with van der Waals surface area (Å²) in [5, 5.41) is 3.18. The number of carbonyl (C=O) groups excluding carboxylic acids is 1. The number of carbonyl (C=O) groups is 1. The standard InChI is InChI=1S/C17H22FNO/c18-16-10-6-5-9-13(16)14-11-15(14)17(20)19-12-7-3-1-2-4-8-12/h5-6,9-10,12,14-15H,1-4,7-8,11H2,(H,19,20). The molecule has 20 heavy (non-hydrogen) atoms. The fraction of sp³-hybridized carbons (Fsp3) is 0.588. The molecule has 2 saturated carbocycles. The summed E-state index contributed by atoms with van der Waals surface area (Å²) in [5.74, 6) is 0.0181. The van der Waals surface area contributed by atoms with Crippen molar-refractivity contribution in [3.05, 3.63) is 35.6 Å². The Hall–Kier alpha value is -1.38. The van der Waals surface area contributed by atoms with E-state index in [0.29, 0.717) is 11.6 Å². The summed E-state index contributed by atoms with van der Waals surface area (Å²) in [5.41, 5.74) is 0.702. The maximum absolute atomic E-state index is 13.7. The zero-order valence-electron chi connectivity index (χ0n) is 11.8. The molecule has 3 heteroatoms. The van der Waals surface area contributed by atoms with Crippen LogP contribution in [-0.2, 0) is 4.79 Å². The lowest BCUT2D eigenvalue weighted by Gasteiger charge is -2.16. The maximum atomic E-state index is 13.7. The van der Waals surface area contributed by atoms with E-state index in [2.05, 4.69) is 5.32 Å². The van der Waals surface area contributed by atoms with Crippen LogP contribution < -0.4 is 5.32 Å². The number of rotatable bonds is 3. The lowest BCUT2D eigenvalue weighted by atomic mass is 10.1. The molecule has 0 saturated heterocycles. The van der Waals surface area contributed by atoms with Gasteiger partial charge in [-0.05, 0) is 36.8 Å². The molecule has 2 aliphatic carbocycles. The molecule has 0 spiro atoms. The third kappa shape index (κ3) is 3.02. The Morgan fingerprint density at radius 3 is 2.50 bits per heavy atom. The van der Waals surface area contributed by atoms with E-state index in [-0.39, 0.29) is 23.6 Å². The van der Waals surface area contributed by atoms with Crippen molar-refractivity contribution in [3.8, 4) is 0 Å². The molecule has 1 amide bonds. The molecule has 0 aliphatic heterocycles. The first-order valence-electron chi connectivity index (χ1n) is 7.80.